The first-order valence-electron chi connectivity index (χ1n) is 9.94. The minimum atomic E-state index is -0.340. The maximum atomic E-state index is 13.2. The van der Waals surface area contributed by atoms with Gasteiger partial charge in [0.2, 0.25) is 5.88 Å². The molecule has 164 valence electrons. The van der Waals surface area contributed by atoms with Crippen LogP contribution in [0.25, 0.3) is 0 Å². The summed E-state index contributed by atoms with van der Waals surface area (Å²) in [6, 6.07) is 9.69. The molecule has 8 heteroatoms. The molecule has 1 aliphatic carbocycles. The van der Waals surface area contributed by atoms with Crippen molar-refractivity contribution in [1.82, 2.24) is 15.6 Å². The van der Waals surface area contributed by atoms with Crippen LogP contribution < -0.4 is 15.4 Å². The molecule has 30 heavy (non-hydrogen) atoms. The van der Waals surface area contributed by atoms with Crippen LogP contribution in [0.15, 0.2) is 47.6 Å². The van der Waals surface area contributed by atoms with Crippen LogP contribution in [0.2, 0.25) is 0 Å². The molecular weight excluding hydrogens is 498 g/mol. The third kappa shape index (κ3) is 7.09. The van der Waals surface area contributed by atoms with Crippen LogP contribution in [-0.2, 0) is 11.3 Å². The fourth-order valence-corrected chi connectivity index (χ4v) is 3.42. The molecule has 0 spiro atoms. The number of nitrogens with zero attached hydrogens (tertiary/aromatic N) is 2. The van der Waals surface area contributed by atoms with E-state index in [2.05, 4.69) is 20.6 Å². The maximum absolute atomic E-state index is 13.2. The molecule has 0 bridgehead atoms. The Morgan fingerprint density at radius 3 is 2.67 bits per heavy atom. The predicted molar refractivity (Wildman–Crippen MR) is 127 cm³/mol. The topological polar surface area (TPSA) is 67.8 Å². The maximum Gasteiger partial charge on any atom is 0.219 e. The Kier molecular flexibility index (Phi) is 9.77. The van der Waals surface area contributed by atoms with Crippen molar-refractivity contribution < 1.29 is 13.9 Å². The number of halogens is 2. The normalized spacial score (nSPS) is 15.0. The van der Waals surface area contributed by atoms with Gasteiger partial charge in [0, 0.05) is 52.2 Å². The number of ether oxygens (including phenoxy) is 2. The first-order valence-corrected chi connectivity index (χ1v) is 9.94. The highest BCUT2D eigenvalue weighted by Crippen LogP contribution is 2.43. The Bertz CT molecular complexity index is 813. The van der Waals surface area contributed by atoms with Crippen molar-refractivity contribution in [2.45, 2.75) is 32.2 Å². The lowest BCUT2D eigenvalue weighted by molar-refractivity contribution is 0.0732. The van der Waals surface area contributed by atoms with E-state index in [9.17, 15) is 4.39 Å². The Morgan fingerprint density at radius 1 is 1.23 bits per heavy atom. The summed E-state index contributed by atoms with van der Waals surface area (Å²) in [5, 5.41) is 6.76. The first kappa shape index (κ1) is 24.3. The number of rotatable bonds is 9. The van der Waals surface area contributed by atoms with E-state index < -0.39 is 0 Å². The van der Waals surface area contributed by atoms with Crippen molar-refractivity contribution >= 4 is 29.9 Å². The largest absolute Gasteiger partial charge is 0.439 e. The van der Waals surface area contributed by atoms with Crippen molar-refractivity contribution in [2.24, 2.45) is 10.4 Å². The van der Waals surface area contributed by atoms with Crippen LogP contribution in [0.1, 0.15) is 31.2 Å². The number of aromatic nitrogens is 1. The van der Waals surface area contributed by atoms with Crippen molar-refractivity contribution in [3.63, 3.8) is 0 Å². The zero-order chi connectivity index (χ0) is 20.5. The predicted octanol–water partition coefficient (Wildman–Crippen LogP) is 4.50. The lowest BCUT2D eigenvalue weighted by atomic mass is 9.67. The van der Waals surface area contributed by atoms with Gasteiger partial charge >= 0.3 is 0 Å². The fraction of sp³-hybridized carbons (Fsp3) is 0.455. The van der Waals surface area contributed by atoms with Gasteiger partial charge in [-0.05, 0) is 42.4 Å². The SMILES string of the molecule is CN=C(NCc1ccc(Oc2cccc(F)c2)nc1)NCC1(CCOC)CCC1.I. The minimum absolute atomic E-state index is 0. The van der Waals surface area contributed by atoms with Crippen LogP contribution in [0.5, 0.6) is 11.6 Å². The summed E-state index contributed by atoms with van der Waals surface area (Å²) in [6.45, 7) is 2.29. The molecular formula is C22H30FIN4O2. The van der Waals surface area contributed by atoms with Gasteiger partial charge in [-0.25, -0.2) is 9.37 Å². The van der Waals surface area contributed by atoms with Gasteiger partial charge in [-0.2, -0.15) is 0 Å². The molecule has 6 nitrogen and oxygen atoms in total. The second kappa shape index (κ2) is 12.0. The van der Waals surface area contributed by atoms with Crippen molar-refractivity contribution in [1.29, 1.82) is 0 Å². The second-order valence-electron chi connectivity index (χ2n) is 7.44. The minimum Gasteiger partial charge on any atom is -0.439 e. The molecule has 0 amide bonds. The van der Waals surface area contributed by atoms with Crippen molar-refractivity contribution in [2.75, 3.05) is 27.3 Å². The third-order valence-electron chi connectivity index (χ3n) is 5.38. The van der Waals surface area contributed by atoms with Crippen molar-refractivity contribution in [3.05, 3.63) is 54.0 Å². The van der Waals surface area contributed by atoms with Gasteiger partial charge in [-0.1, -0.05) is 18.6 Å². The van der Waals surface area contributed by atoms with Crippen LogP contribution >= 0.6 is 24.0 Å². The molecule has 0 aliphatic heterocycles. The van der Waals surface area contributed by atoms with Crippen LogP contribution in [-0.4, -0.2) is 38.3 Å². The third-order valence-corrected chi connectivity index (χ3v) is 5.38. The summed E-state index contributed by atoms with van der Waals surface area (Å²) in [5.41, 5.74) is 1.32. The molecule has 1 heterocycles. The molecule has 2 aromatic rings. The molecule has 1 aliphatic rings. The zero-order valence-electron chi connectivity index (χ0n) is 17.5. The standard InChI is InChI=1S/C22H29FN4O2.HI/c1-24-21(27-16-22(9-4-10-22)11-12-28-2)26-15-17-7-8-20(25-14-17)29-19-6-3-5-18(23)13-19;/h3,5-8,13-14H,4,9-12,15-16H2,1-2H3,(H2,24,26,27);1H. The van der Waals surface area contributed by atoms with Gasteiger partial charge in [0.05, 0.1) is 0 Å². The molecule has 1 saturated carbocycles. The van der Waals surface area contributed by atoms with Gasteiger partial charge < -0.3 is 20.1 Å². The monoisotopic (exact) mass is 528 g/mol. The van der Waals surface area contributed by atoms with E-state index in [0.29, 0.717) is 23.6 Å². The molecule has 1 aromatic heterocycles. The molecule has 0 saturated heterocycles. The second-order valence-corrected chi connectivity index (χ2v) is 7.44. The Labute approximate surface area is 194 Å². The molecule has 3 rings (SSSR count). The number of hydrogen-bond acceptors (Lipinski definition) is 4. The van der Waals surface area contributed by atoms with E-state index in [-0.39, 0.29) is 29.8 Å². The van der Waals surface area contributed by atoms with Crippen LogP contribution in [0.3, 0.4) is 0 Å². The Hall–Kier alpha value is -1.94. The van der Waals surface area contributed by atoms with Crippen molar-refractivity contribution in [3.8, 4) is 11.6 Å². The highest BCUT2D eigenvalue weighted by atomic mass is 127. The summed E-state index contributed by atoms with van der Waals surface area (Å²) in [5.74, 6) is 1.28. The zero-order valence-corrected chi connectivity index (χ0v) is 19.8. The van der Waals surface area contributed by atoms with Crippen LogP contribution in [0, 0.1) is 11.2 Å². The first-order chi connectivity index (χ1) is 14.1. The van der Waals surface area contributed by atoms with Gasteiger partial charge in [0.1, 0.15) is 11.6 Å². The summed E-state index contributed by atoms with van der Waals surface area (Å²) >= 11 is 0. The Balaban J connectivity index is 0.00000320. The average Bonchev–Trinajstić information content (AvgIpc) is 2.70. The smallest absolute Gasteiger partial charge is 0.219 e. The van der Waals surface area contributed by atoms with E-state index >= 15 is 0 Å². The number of benzene rings is 1. The molecule has 0 unspecified atom stereocenters. The molecule has 0 radical (unpaired) electrons. The number of guanidine groups is 1. The number of pyridine rings is 1. The van der Waals surface area contributed by atoms with E-state index in [1.165, 1.54) is 31.4 Å². The number of methoxy groups -OCH3 is 1. The average molecular weight is 528 g/mol. The van der Waals surface area contributed by atoms with E-state index in [1.54, 1.807) is 38.6 Å². The quantitative estimate of drug-likeness (QED) is 0.285. The van der Waals surface area contributed by atoms with Crippen LogP contribution in [0.4, 0.5) is 4.39 Å². The molecule has 2 N–H and O–H groups in total. The lowest BCUT2D eigenvalue weighted by Gasteiger charge is -2.42. The molecule has 0 atom stereocenters. The number of hydrogen-bond donors (Lipinski definition) is 2. The molecule has 1 fully saturated rings. The number of aliphatic imine (C=N–C) groups is 1. The number of nitrogens with one attached hydrogen (secondary N) is 2. The molecule has 1 aromatic carbocycles. The van der Waals surface area contributed by atoms with Gasteiger partial charge in [-0.15, -0.1) is 24.0 Å². The van der Waals surface area contributed by atoms with Gasteiger partial charge in [0.15, 0.2) is 5.96 Å². The lowest BCUT2D eigenvalue weighted by Crippen LogP contribution is -2.46. The van der Waals surface area contributed by atoms with Gasteiger partial charge in [-0.3, -0.25) is 4.99 Å². The van der Waals surface area contributed by atoms with E-state index in [0.717, 1.165) is 31.1 Å². The highest BCUT2D eigenvalue weighted by Gasteiger charge is 2.36. The highest BCUT2D eigenvalue weighted by molar-refractivity contribution is 14.0. The summed E-state index contributed by atoms with van der Waals surface area (Å²) in [7, 11) is 3.52. The van der Waals surface area contributed by atoms with E-state index in [4.69, 9.17) is 9.47 Å². The Morgan fingerprint density at radius 2 is 2.07 bits per heavy atom. The van der Waals surface area contributed by atoms with Gasteiger partial charge in [0.25, 0.3) is 0 Å². The summed E-state index contributed by atoms with van der Waals surface area (Å²) in [4.78, 5) is 8.60. The fourth-order valence-electron chi connectivity index (χ4n) is 3.42. The van der Waals surface area contributed by atoms with E-state index in [1.807, 2.05) is 6.07 Å². The summed E-state index contributed by atoms with van der Waals surface area (Å²) in [6.07, 6.45) is 6.56. The summed E-state index contributed by atoms with van der Waals surface area (Å²) < 4.78 is 24.1.